The van der Waals surface area contributed by atoms with E-state index in [1.54, 1.807) is 17.0 Å². The Hall–Kier alpha value is -1.60. The summed E-state index contributed by atoms with van der Waals surface area (Å²) < 4.78 is 6.20. The van der Waals surface area contributed by atoms with E-state index in [-0.39, 0.29) is 23.4 Å². The number of nitrogens with one attached hydrogen (secondary N) is 1. The first kappa shape index (κ1) is 15.8. The smallest absolute Gasteiger partial charge is 0.337 e. The molecule has 0 aliphatic carbocycles. The average molecular weight is 357 g/mol. The van der Waals surface area contributed by atoms with Gasteiger partial charge in [-0.25, -0.2) is 9.59 Å². The zero-order chi connectivity index (χ0) is 15.4. The van der Waals surface area contributed by atoms with Crippen LogP contribution in [-0.2, 0) is 4.74 Å². The van der Waals surface area contributed by atoms with Crippen LogP contribution in [0.5, 0.6) is 0 Å². The molecule has 1 unspecified atom stereocenters. The standard InChI is InChI=1S/C14H17BrN2O4/c1-9-8-17(5-2-6-21-9)14(20)16-12-7-10(15)3-4-11(12)13(18)19/h3-4,7,9H,2,5-6,8H2,1H3,(H,16,20)(H,18,19). The van der Waals surface area contributed by atoms with Crippen molar-refractivity contribution in [2.45, 2.75) is 19.4 Å². The number of carboxylic acid groups (broad SMARTS) is 1. The molecule has 7 heteroatoms. The van der Waals surface area contributed by atoms with Gasteiger partial charge in [-0.2, -0.15) is 0 Å². The molecule has 1 fully saturated rings. The van der Waals surface area contributed by atoms with E-state index in [1.165, 1.54) is 6.07 Å². The molecule has 1 aliphatic heterocycles. The van der Waals surface area contributed by atoms with Gasteiger partial charge in [0.2, 0.25) is 0 Å². The van der Waals surface area contributed by atoms with Gasteiger partial charge in [0.1, 0.15) is 0 Å². The van der Waals surface area contributed by atoms with Crippen LogP contribution in [0.3, 0.4) is 0 Å². The quantitative estimate of drug-likeness (QED) is 0.853. The molecule has 1 aliphatic rings. The number of carbonyl (C=O) groups is 2. The van der Waals surface area contributed by atoms with Crippen LogP contribution in [0.4, 0.5) is 10.5 Å². The molecule has 0 saturated carbocycles. The number of rotatable bonds is 2. The van der Waals surface area contributed by atoms with Gasteiger partial charge >= 0.3 is 12.0 Å². The molecule has 0 radical (unpaired) electrons. The molecule has 1 aromatic rings. The van der Waals surface area contributed by atoms with Crippen LogP contribution in [0.1, 0.15) is 23.7 Å². The maximum absolute atomic E-state index is 12.3. The summed E-state index contributed by atoms with van der Waals surface area (Å²) >= 11 is 3.28. The second kappa shape index (κ2) is 6.91. The van der Waals surface area contributed by atoms with Gasteiger partial charge in [-0.15, -0.1) is 0 Å². The molecular weight excluding hydrogens is 340 g/mol. The number of carboxylic acids is 1. The predicted molar refractivity (Wildman–Crippen MR) is 81.7 cm³/mol. The minimum absolute atomic E-state index is 0.0281. The first-order valence-corrected chi connectivity index (χ1v) is 7.47. The average Bonchev–Trinajstić information content (AvgIpc) is 2.63. The van der Waals surface area contributed by atoms with Crippen LogP contribution < -0.4 is 5.32 Å². The minimum atomic E-state index is -1.08. The summed E-state index contributed by atoms with van der Waals surface area (Å²) in [6, 6.07) is 4.35. The van der Waals surface area contributed by atoms with Gasteiger partial charge in [-0.05, 0) is 31.5 Å². The van der Waals surface area contributed by atoms with Crippen LogP contribution in [-0.4, -0.2) is 47.8 Å². The fraction of sp³-hybridized carbons (Fsp3) is 0.429. The molecule has 2 N–H and O–H groups in total. The van der Waals surface area contributed by atoms with E-state index in [1.807, 2.05) is 6.92 Å². The van der Waals surface area contributed by atoms with Gasteiger partial charge in [0, 0.05) is 24.2 Å². The summed E-state index contributed by atoms with van der Waals surface area (Å²) in [5.41, 5.74) is 0.338. The van der Waals surface area contributed by atoms with E-state index in [0.717, 1.165) is 6.42 Å². The summed E-state index contributed by atoms with van der Waals surface area (Å²) in [5, 5.41) is 11.8. The third-order valence-electron chi connectivity index (χ3n) is 3.19. The zero-order valence-corrected chi connectivity index (χ0v) is 13.2. The highest BCUT2D eigenvalue weighted by atomic mass is 79.9. The second-order valence-electron chi connectivity index (χ2n) is 4.91. The van der Waals surface area contributed by atoms with Crippen molar-refractivity contribution in [3.8, 4) is 0 Å². The molecule has 21 heavy (non-hydrogen) atoms. The molecule has 6 nitrogen and oxygen atoms in total. The van der Waals surface area contributed by atoms with Crippen molar-refractivity contribution in [1.82, 2.24) is 4.90 Å². The van der Waals surface area contributed by atoms with E-state index in [9.17, 15) is 9.59 Å². The predicted octanol–water partition coefficient (Wildman–Crippen LogP) is 2.79. The molecular formula is C14H17BrN2O4. The monoisotopic (exact) mass is 356 g/mol. The van der Waals surface area contributed by atoms with Crippen molar-refractivity contribution in [1.29, 1.82) is 0 Å². The van der Waals surface area contributed by atoms with E-state index in [0.29, 0.717) is 24.2 Å². The number of benzene rings is 1. The fourth-order valence-electron chi connectivity index (χ4n) is 2.18. The van der Waals surface area contributed by atoms with E-state index in [4.69, 9.17) is 9.84 Å². The zero-order valence-electron chi connectivity index (χ0n) is 11.6. The summed E-state index contributed by atoms with van der Waals surface area (Å²) in [5.74, 6) is -1.08. The number of carbonyl (C=O) groups excluding carboxylic acids is 1. The number of hydrogen-bond donors (Lipinski definition) is 2. The molecule has 1 saturated heterocycles. The molecule has 2 rings (SSSR count). The highest BCUT2D eigenvalue weighted by Gasteiger charge is 2.21. The molecule has 1 aromatic carbocycles. The van der Waals surface area contributed by atoms with Gasteiger partial charge in [-0.3, -0.25) is 0 Å². The van der Waals surface area contributed by atoms with Crippen LogP contribution in [0.2, 0.25) is 0 Å². The Morgan fingerprint density at radius 2 is 2.24 bits per heavy atom. The Kier molecular flexibility index (Phi) is 5.19. The molecule has 1 heterocycles. The van der Waals surface area contributed by atoms with Crippen LogP contribution in [0.25, 0.3) is 0 Å². The van der Waals surface area contributed by atoms with Crippen molar-refractivity contribution in [2.24, 2.45) is 0 Å². The van der Waals surface area contributed by atoms with Gasteiger partial charge in [0.15, 0.2) is 0 Å². The number of amides is 2. The summed E-state index contributed by atoms with van der Waals surface area (Å²) in [6.45, 7) is 3.62. The van der Waals surface area contributed by atoms with Gasteiger partial charge in [-0.1, -0.05) is 15.9 Å². The third-order valence-corrected chi connectivity index (χ3v) is 3.69. The topological polar surface area (TPSA) is 78.9 Å². The summed E-state index contributed by atoms with van der Waals surface area (Å²) in [7, 11) is 0. The Labute approximate surface area is 131 Å². The van der Waals surface area contributed by atoms with Crippen LogP contribution >= 0.6 is 15.9 Å². The Bertz CT molecular complexity index is 550. The third kappa shape index (κ3) is 4.18. The lowest BCUT2D eigenvalue weighted by atomic mass is 10.2. The number of ether oxygens (including phenoxy) is 1. The molecule has 1 atom stereocenters. The number of aromatic carboxylic acids is 1. The molecule has 0 bridgehead atoms. The maximum atomic E-state index is 12.3. The maximum Gasteiger partial charge on any atom is 0.337 e. The number of halogens is 1. The fourth-order valence-corrected chi connectivity index (χ4v) is 2.54. The molecule has 0 spiro atoms. The van der Waals surface area contributed by atoms with Crippen molar-refractivity contribution in [2.75, 3.05) is 25.0 Å². The van der Waals surface area contributed by atoms with Gasteiger partial charge in [0.25, 0.3) is 0 Å². The van der Waals surface area contributed by atoms with E-state index >= 15 is 0 Å². The highest BCUT2D eigenvalue weighted by molar-refractivity contribution is 9.10. The molecule has 2 amide bonds. The number of anilines is 1. The van der Waals surface area contributed by atoms with Crippen LogP contribution in [0, 0.1) is 0 Å². The molecule has 114 valence electrons. The number of hydrogen-bond acceptors (Lipinski definition) is 3. The minimum Gasteiger partial charge on any atom is -0.478 e. The SMILES string of the molecule is CC1CN(C(=O)Nc2cc(Br)ccc2C(=O)O)CCCO1. The van der Waals surface area contributed by atoms with Crippen molar-refractivity contribution in [3.05, 3.63) is 28.2 Å². The Balaban J connectivity index is 2.15. The first-order chi connectivity index (χ1) is 9.97. The largest absolute Gasteiger partial charge is 0.478 e. The first-order valence-electron chi connectivity index (χ1n) is 6.67. The molecule has 0 aromatic heterocycles. The highest BCUT2D eigenvalue weighted by Crippen LogP contribution is 2.22. The second-order valence-corrected chi connectivity index (χ2v) is 5.82. The van der Waals surface area contributed by atoms with Crippen LogP contribution in [0.15, 0.2) is 22.7 Å². The number of urea groups is 1. The van der Waals surface area contributed by atoms with E-state index in [2.05, 4.69) is 21.2 Å². The summed E-state index contributed by atoms with van der Waals surface area (Å²) in [6.07, 6.45) is 0.738. The van der Waals surface area contributed by atoms with Crippen molar-refractivity contribution >= 4 is 33.6 Å². The van der Waals surface area contributed by atoms with Crippen molar-refractivity contribution in [3.63, 3.8) is 0 Å². The van der Waals surface area contributed by atoms with Crippen molar-refractivity contribution < 1.29 is 19.4 Å². The lowest BCUT2D eigenvalue weighted by Crippen LogP contribution is -2.39. The van der Waals surface area contributed by atoms with E-state index < -0.39 is 5.97 Å². The van der Waals surface area contributed by atoms with Gasteiger partial charge < -0.3 is 20.1 Å². The summed E-state index contributed by atoms with van der Waals surface area (Å²) in [4.78, 5) is 25.1. The lowest BCUT2D eigenvalue weighted by molar-refractivity contribution is 0.0696. The Morgan fingerprint density at radius 1 is 1.48 bits per heavy atom. The number of nitrogens with zero attached hydrogens (tertiary/aromatic N) is 1. The lowest BCUT2D eigenvalue weighted by Gasteiger charge is -2.23. The van der Waals surface area contributed by atoms with Gasteiger partial charge in [0.05, 0.1) is 17.4 Å². The Morgan fingerprint density at radius 3 is 2.95 bits per heavy atom. The normalized spacial score (nSPS) is 19.0.